The van der Waals surface area contributed by atoms with Crippen molar-refractivity contribution in [2.24, 2.45) is 0 Å². The number of carbonyl (C=O) groups is 2. The second kappa shape index (κ2) is 7.14. The van der Waals surface area contributed by atoms with E-state index >= 15 is 0 Å². The van der Waals surface area contributed by atoms with E-state index in [1.165, 1.54) is 12.1 Å². The topological polar surface area (TPSA) is 119 Å². The number of hydrogen-bond acceptors (Lipinski definition) is 6. The lowest BCUT2D eigenvalue weighted by atomic mass is 10.1. The first-order valence-electron chi connectivity index (χ1n) is 7.75. The first-order chi connectivity index (χ1) is 12.3. The van der Waals surface area contributed by atoms with Crippen LogP contribution in [0.15, 0.2) is 48.5 Å². The third-order valence-corrected chi connectivity index (χ3v) is 5.23. The largest absolute Gasteiger partial charge is 0.457 e. The van der Waals surface area contributed by atoms with Crippen molar-refractivity contribution in [1.29, 1.82) is 0 Å². The Balaban J connectivity index is 1.67. The summed E-state index contributed by atoms with van der Waals surface area (Å²) in [6.07, 6.45) is 0. The van der Waals surface area contributed by atoms with Crippen LogP contribution in [-0.2, 0) is 32.9 Å². The lowest BCUT2D eigenvalue weighted by molar-refractivity contribution is -0.118. The zero-order chi connectivity index (χ0) is 18.7. The summed E-state index contributed by atoms with van der Waals surface area (Å²) in [4.78, 5) is 23.4. The Hall–Kier alpha value is -2.91. The van der Waals surface area contributed by atoms with Gasteiger partial charge >= 0.3 is 16.2 Å². The summed E-state index contributed by atoms with van der Waals surface area (Å²) in [6, 6.07) is 13.8. The zero-order valence-electron chi connectivity index (χ0n) is 13.7. The SMILES string of the molecule is Nc1cc(CN2CC(=O)NS2(=O)=O)ccc1C(=O)OCc1ccccc1. The number of rotatable bonds is 5. The summed E-state index contributed by atoms with van der Waals surface area (Å²) >= 11 is 0. The molecule has 0 saturated carbocycles. The molecule has 1 amide bonds. The average Bonchev–Trinajstić information content (AvgIpc) is 2.85. The minimum Gasteiger partial charge on any atom is -0.457 e. The minimum atomic E-state index is -3.81. The highest BCUT2D eigenvalue weighted by Gasteiger charge is 2.33. The van der Waals surface area contributed by atoms with E-state index in [9.17, 15) is 18.0 Å². The number of anilines is 1. The number of nitrogens with one attached hydrogen (secondary N) is 1. The van der Waals surface area contributed by atoms with Crippen LogP contribution in [0.4, 0.5) is 5.69 Å². The number of benzene rings is 2. The van der Waals surface area contributed by atoms with E-state index < -0.39 is 22.1 Å². The van der Waals surface area contributed by atoms with Crippen LogP contribution >= 0.6 is 0 Å². The number of nitrogens with two attached hydrogens (primary N) is 1. The highest BCUT2D eigenvalue weighted by molar-refractivity contribution is 7.88. The Labute approximate surface area is 150 Å². The van der Waals surface area contributed by atoms with Crippen LogP contribution < -0.4 is 10.5 Å². The molecule has 0 bridgehead atoms. The number of nitrogen functional groups attached to an aromatic ring is 1. The molecular weight excluding hydrogens is 358 g/mol. The van der Waals surface area contributed by atoms with Crippen molar-refractivity contribution < 1.29 is 22.7 Å². The Bertz CT molecular complexity index is 944. The second-order valence-corrected chi connectivity index (χ2v) is 7.45. The summed E-state index contributed by atoms with van der Waals surface area (Å²) < 4.78 is 31.6. The molecule has 1 heterocycles. The molecule has 3 rings (SSSR count). The Morgan fingerprint density at radius 3 is 2.50 bits per heavy atom. The van der Waals surface area contributed by atoms with E-state index in [0.29, 0.717) is 5.56 Å². The second-order valence-electron chi connectivity index (χ2n) is 5.78. The monoisotopic (exact) mass is 375 g/mol. The molecule has 0 radical (unpaired) electrons. The number of hydrogen-bond donors (Lipinski definition) is 2. The molecule has 1 aliphatic rings. The van der Waals surface area contributed by atoms with Gasteiger partial charge < -0.3 is 10.5 Å². The van der Waals surface area contributed by atoms with Crippen LogP contribution in [0.1, 0.15) is 21.5 Å². The highest BCUT2D eigenvalue weighted by Crippen LogP contribution is 2.19. The van der Waals surface area contributed by atoms with E-state index in [4.69, 9.17) is 10.5 Å². The quantitative estimate of drug-likeness (QED) is 0.589. The molecule has 26 heavy (non-hydrogen) atoms. The fourth-order valence-corrected chi connectivity index (χ4v) is 3.62. The highest BCUT2D eigenvalue weighted by atomic mass is 32.2. The molecule has 2 aromatic rings. The minimum absolute atomic E-state index is 0.0232. The lowest BCUT2D eigenvalue weighted by Crippen LogP contribution is -2.29. The fourth-order valence-electron chi connectivity index (χ4n) is 2.53. The van der Waals surface area contributed by atoms with Crippen LogP contribution in [0.5, 0.6) is 0 Å². The molecule has 136 valence electrons. The molecule has 1 aliphatic heterocycles. The molecular formula is C17H17N3O5S. The standard InChI is InChI=1S/C17H17N3O5S/c18-15-8-13(9-20-10-16(21)19-26(20,23)24)6-7-14(15)17(22)25-11-12-4-2-1-3-5-12/h1-8H,9-11,18H2,(H,19,21). The Morgan fingerprint density at radius 1 is 1.15 bits per heavy atom. The zero-order valence-corrected chi connectivity index (χ0v) is 14.5. The maximum absolute atomic E-state index is 12.2. The van der Waals surface area contributed by atoms with Crippen molar-refractivity contribution in [1.82, 2.24) is 9.03 Å². The third kappa shape index (κ3) is 4.01. The first-order valence-corrected chi connectivity index (χ1v) is 9.19. The van der Waals surface area contributed by atoms with Gasteiger partial charge in [0.05, 0.1) is 12.1 Å². The van der Waals surface area contributed by atoms with Gasteiger partial charge in [0.25, 0.3) is 0 Å². The van der Waals surface area contributed by atoms with E-state index in [-0.39, 0.29) is 30.9 Å². The van der Waals surface area contributed by atoms with Crippen molar-refractivity contribution in [3.05, 3.63) is 65.2 Å². The first kappa shape index (κ1) is 17.9. The van der Waals surface area contributed by atoms with Gasteiger partial charge in [0, 0.05) is 12.2 Å². The van der Waals surface area contributed by atoms with Gasteiger partial charge in [-0.2, -0.15) is 12.7 Å². The summed E-state index contributed by atoms with van der Waals surface area (Å²) in [7, 11) is -3.81. The Kier molecular flexibility index (Phi) is 4.92. The van der Waals surface area contributed by atoms with Gasteiger partial charge in [-0.3, -0.25) is 4.79 Å². The third-order valence-electron chi connectivity index (χ3n) is 3.81. The van der Waals surface area contributed by atoms with Crippen molar-refractivity contribution in [2.75, 3.05) is 12.3 Å². The molecule has 0 aromatic heterocycles. The lowest BCUT2D eigenvalue weighted by Gasteiger charge is -2.13. The maximum atomic E-state index is 12.2. The van der Waals surface area contributed by atoms with E-state index in [1.54, 1.807) is 6.07 Å². The van der Waals surface area contributed by atoms with Crippen molar-refractivity contribution in [3.8, 4) is 0 Å². The average molecular weight is 375 g/mol. The maximum Gasteiger partial charge on any atom is 0.340 e. The summed E-state index contributed by atoms with van der Waals surface area (Å²) in [6.45, 7) is -0.144. The molecule has 8 nitrogen and oxygen atoms in total. The molecule has 3 N–H and O–H groups in total. The molecule has 9 heteroatoms. The summed E-state index contributed by atoms with van der Waals surface area (Å²) in [5.41, 5.74) is 7.70. The normalized spacial score (nSPS) is 16.2. The van der Waals surface area contributed by atoms with Crippen molar-refractivity contribution >= 4 is 27.8 Å². The number of carbonyl (C=O) groups excluding carboxylic acids is 2. The Morgan fingerprint density at radius 2 is 1.88 bits per heavy atom. The number of nitrogens with zero attached hydrogens (tertiary/aromatic N) is 1. The van der Waals surface area contributed by atoms with Crippen molar-refractivity contribution in [3.63, 3.8) is 0 Å². The molecule has 0 spiro atoms. The van der Waals surface area contributed by atoms with Crippen molar-refractivity contribution in [2.45, 2.75) is 13.2 Å². The van der Waals surface area contributed by atoms with E-state index in [2.05, 4.69) is 0 Å². The van der Waals surface area contributed by atoms with Crippen LogP contribution in [0, 0.1) is 0 Å². The molecule has 0 atom stereocenters. The van der Waals surface area contributed by atoms with Crippen LogP contribution in [0.3, 0.4) is 0 Å². The van der Waals surface area contributed by atoms with Gasteiger partial charge in [0.1, 0.15) is 6.61 Å². The smallest absolute Gasteiger partial charge is 0.340 e. The molecule has 0 aliphatic carbocycles. The van der Waals surface area contributed by atoms with Gasteiger partial charge in [0.15, 0.2) is 0 Å². The van der Waals surface area contributed by atoms with Gasteiger partial charge in [-0.05, 0) is 23.3 Å². The predicted octanol–water partition coefficient (Wildman–Crippen LogP) is 0.802. The van der Waals surface area contributed by atoms with Gasteiger partial charge in [-0.25, -0.2) is 9.52 Å². The molecule has 1 saturated heterocycles. The molecule has 1 fully saturated rings. The number of esters is 1. The van der Waals surface area contributed by atoms with E-state index in [0.717, 1.165) is 9.87 Å². The summed E-state index contributed by atoms with van der Waals surface area (Å²) in [5, 5.41) is 0. The molecule has 0 unspecified atom stereocenters. The van der Waals surface area contributed by atoms with Gasteiger partial charge in [-0.1, -0.05) is 36.4 Å². The predicted molar refractivity (Wildman–Crippen MR) is 93.9 cm³/mol. The van der Waals surface area contributed by atoms with Crippen LogP contribution in [-0.4, -0.2) is 31.1 Å². The fraction of sp³-hybridized carbons (Fsp3) is 0.176. The van der Waals surface area contributed by atoms with Crippen LogP contribution in [0.2, 0.25) is 0 Å². The van der Waals surface area contributed by atoms with Gasteiger partial charge in [0.2, 0.25) is 5.91 Å². The number of ether oxygens (including phenoxy) is 1. The summed E-state index contributed by atoms with van der Waals surface area (Å²) in [5.74, 6) is -1.15. The van der Waals surface area contributed by atoms with E-state index in [1.807, 2.05) is 35.1 Å². The number of amides is 1. The van der Waals surface area contributed by atoms with Crippen LogP contribution in [0.25, 0.3) is 0 Å². The van der Waals surface area contributed by atoms with Gasteiger partial charge in [-0.15, -0.1) is 0 Å². The molecule has 2 aromatic carbocycles.